The molecule has 0 aliphatic heterocycles. The highest BCUT2D eigenvalue weighted by atomic mass is 35.5. The zero-order chi connectivity index (χ0) is 15.4. The molecule has 1 atom stereocenters. The Hall–Kier alpha value is -1.26. The van der Waals surface area contributed by atoms with Crippen LogP contribution in [0.4, 0.5) is 0 Å². The molecule has 0 saturated carbocycles. The summed E-state index contributed by atoms with van der Waals surface area (Å²) in [5, 5.41) is 8.68. The molecule has 1 N–H and O–H groups in total. The van der Waals surface area contributed by atoms with Gasteiger partial charge in [-0.05, 0) is 32.0 Å². The van der Waals surface area contributed by atoms with Crippen molar-refractivity contribution in [1.82, 2.24) is 15.1 Å². The normalized spacial score (nSPS) is 12.8. The monoisotopic (exact) mass is 309 g/mol. The van der Waals surface area contributed by atoms with Crippen LogP contribution in [0.25, 0.3) is 0 Å². The third-order valence-electron chi connectivity index (χ3n) is 3.67. The van der Waals surface area contributed by atoms with E-state index in [0.717, 1.165) is 53.7 Å². The maximum Gasteiger partial charge on any atom is 0.121 e. The predicted molar refractivity (Wildman–Crippen MR) is 85.8 cm³/mol. The molecule has 0 fully saturated rings. The number of furan rings is 1. The zero-order valence-electron chi connectivity index (χ0n) is 13.2. The number of nitrogens with one attached hydrogen (secondary N) is 1. The van der Waals surface area contributed by atoms with Crippen LogP contribution in [0.2, 0.25) is 5.02 Å². The topological polar surface area (TPSA) is 43.0 Å². The fourth-order valence-corrected chi connectivity index (χ4v) is 2.70. The van der Waals surface area contributed by atoms with Crippen LogP contribution < -0.4 is 5.32 Å². The van der Waals surface area contributed by atoms with Crippen molar-refractivity contribution in [2.75, 3.05) is 6.54 Å². The first-order chi connectivity index (χ1) is 10.1. The molecule has 0 aliphatic carbocycles. The molecular formula is C16H24ClN3O. The summed E-state index contributed by atoms with van der Waals surface area (Å²) in [6.07, 6.45) is 2.76. The van der Waals surface area contributed by atoms with E-state index in [2.05, 4.69) is 30.3 Å². The number of aryl methyl sites for hydroxylation is 3. The fourth-order valence-electron chi connectivity index (χ4n) is 2.46. The van der Waals surface area contributed by atoms with Crippen LogP contribution in [0.15, 0.2) is 16.5 Å². The maximum absolute atomic E-state index is 6.37. The first kappa shape index (κ1) is 16.1. The lowest BCUT2D eigenvalue weighted by Gasteiger charge is -2.17. The molecule has 2 heterocycles. The third kappa shape index (κ3) is 3.69. The van der Waals surface area contributed by atoms with Gasteiger partial charge in [0.1, 0.15) is 11.5 Å². The molecule has 2 aromatic heterocycles. The van der Waals surface area contributed by atoms with Crippen molar-refractivity contribution in [3.63, 3.8) is 0 Å². The van der Waals surface area contributed by atoms with Crippen molar-refractivity contribution in [2.45, 2.75) is 46.1 Å². The smallest absolute Gasteiger partial charge is 0.121 e. The lowest BCUT2D eigenvalue weighted by atomic mass is 10.1. The number of halogens is 1. The molecule has 116 valence electrons. The van der Waals surface area contributed by atoms with Crippen molar-refractivity contribution >= 4 is 11.6 Å². The molecule has 5 heteroatoms. The standard InChI is InChI=1S/C16H24ClN3O/c1-5-9-18-13(15-8-7-12(6-2)21-15)10-14-16(17)11(3)19-20(14)4/h7-8,13,18H,5-6,9-10H2,1-4H3. The van der Waals surface area contributed by atoms with E-state index in [4.69, 9.17) is 16.0 Å². The molecule has 0 aliphatic rings. The van der Waals surface area contributed by atoms with Crippen LogP contribution in [0.5, 0.6) is 0 Å². The molecule has 0 amide bonds. The van der Waals surface area contributed by atoms with Gasteiger partial charge in [-0.1, -0.05) is 25.4 Å². The van der Waals surface area contributed by atoms with Crippen LogP contribution >= 0.6 is 11.6 Å². The Morgan fingerprint density at radius 3 is 2.67 bits per heavy atom. The largest absolute Gasteiger partial charge is 0.464 e. The van der Waals surface area contributed by atoms with Crippen LogP contribution in [-0.4, -0.2) is 16.3 Å². The van der Waals surface area contributed by atoms with Crippen LogP contribution in [0, 0.1) is 6.92 Å². The molecule has 1 unspecified atom stereocenters. The highest BCUT2D eigenvalue weighted by Gasteiger charge is 2.20. The van der Waals surface area contributed by atoms with Gasteiger partial charge in [0, 0.05) is 19.9 Å². The summed E-state index contributed by atoms with van der Waals surface area (Å²) in [5.41, 5.74) is 1.91. The van der Waals surface area contributed by atoms with Crippen LogP contribution in [0.3, 0.4) is 0 Å². The van der Waals surface area contributed by atoms with Gasteiger partial charge in [0.2, 0.25) is 0 Å². The summed E-state index contributed by atoms with van der Waals surface area (Å²) >= 11 is 6.37. The van der Waals surface area contributed by atoms with Gasteiger partial charge in [-0.25, -0.2) is 0 Å². The van der Waals surface area contributed by atoms with Gasteiger partial charge in [-0.3, -0.25) is 4.68 Å². The summed E-state index contributed by atoms with van der Waals surface area (Å²) < 4.78 is 7.78. The van der Waals surface area contributed by atoms with Gasteiger partial charge in [0.15, 0.2) is 0 Å². The number of nitrogens with zero attached hydrogens (tertiary/aromatic N) is 2. The van der Waals surface area contributed by atoms with E-state index in [1.54, 1.807) is 0 Å². The zero-order valence-corrected chi connectivity index (χ0v) is 14.0. The SMILES string of the molecule is CCCNC(Cc1c(Cl)c(C)nn1C)c1ccc(CC)o1. The second-order valence-corrected chi connectivity index (χ2v) is 5.72. The molecule has 2 aromatic rings. The Balaban J connectivity index is 2.23. The average Bonchev–Trinajstić information content (AvgIpc) is 3.03. The van der Waals surface area contributed by atoms with E-state index in [0.29, 0.717) is 0 Å². The van der Waals surface area contributed by atoms with Gasteiger partial charge in [-0.15, -0.1) is 0 Å². The van der Waals surface area contributed by atoms with Gasteiger partial charge >= 0.3 is 0 Å². The van der Waals surface area contributed by atoms with Gasteiger partial charge in [-0.2, -0.15) is 5.10 Å². The summed E-state index contributed by atoms with van der Waals surface area (Å²) in [6, 6.07) is 4.23. The van der Waals surface area contributed by atoms with Crippen molar-refractivity contribution in [3.05, 3.63) is 40.1 Å². The van der Waals surface area contributed by atoms with Gasteiger partial charge < -0.3 is 9.73 Å². The second-order valence-electron chi connectivity index (χ2n) is 5.34. The number of aromatic nitrogens is 2. The average molecular weight is 310 g/mol. The van der Waals surface area contributed by atoms with Crippen LogP contribution in [0.1, 0.15) is 49.2 Å². The molecule has 0 radical (unpaired) electrons. The number of hydrogen-bond donors (Lipinski definition) is 1. The molecule has 0 aromatic carbocycles. The Labute approximate surface area is 131 Å². The quantitative estimate of drug-likeness (QED) is 0.845. The highest BCUT2D eigenvalue weighted by Crippen LogP contribution is 2.26. The minimum absolute atomic E-state index is 0.123. The minimum Gasteiger partial charge on any atom is -0.464 e. The summed E-state index contributed by atoms with van der Waals surface area (Å²) in [7, 11) is 1.94. The van der Waals surface area contributed by atoms with E-state index < -0.39 is 0 Å². The molecule has 21 heavy (non-hydrogen) atoms. The lowest BCUT2D eigenvalue weighted by molar-refractivity contribution is 0.387. The van der Waals surface area contributed by atoms with Crippen molar-refractivity contribution in [2.24, 2.45) is 7.05 Å². The van der Waals surface area contributed by atoms with E-state index in [9.17, 15) is 0 Å². The van der Waals surface area contributed by atoms with Crippen LogP contribution in [-0.2, 0) is 19.9 Å². The lowest BCUT2D eigenvalue weighted by Crippen LogP contribution is -2.24. The Kier molecular flexibility index (Phi) is 5.48. The molecule has 0 spiro atoms. The van der Waals surface area contributed by atoms with Crippen molar-refractivity contribution in [1.29, 1.82) is 0 Å². The Bertz CT molecular complexity index is 588. The van der Waals surface area contributed by atoms with E-state index in [-0.39, 0.29) is 6.04 Å². The second kappa shape index (κ2) is 7.14. The Morgan fingerprint density at radius 1 is 1.38 bits per heavy atom. The maximum atomic E-state index is 6.37. The van der Waals surface area contributed by atoms with Crippen molar-refractivity contribution < 1.29 is 4.42 Å². The first-order valence-electron chi connectivity index (χ1n) is 7.56. The summed E-state index contributed by atoms with van der Waals surface area (Å²) in [6.45, 7) is 7.13. The van der Waals surface area contributed by atoms with E-state index in [1.165, 1.54) is 0 Å². The summed E-state index contributed by atoms with van der Waals surface area (Å²) in [5.74, 6) is 1.98. The number of hydrogen-bond acceptors (Lipinski definition) is 3. The molecule has 0 saturated heterocycles. The van der Waals surface area contributed by atoms with Crippen molar-refractivity contribution in [3.8, 4) is 0 Å². The molecule has 2 rings (SSSR count). The summed E-state index contributed by atoms with van der Waals surface area (Å²) in [4.78, 5) is 0. The molecular weight excluding hydrogens is 286 g/mol. The van der Waals surface area contributed by atoms with Gasteiger partial charge in [0.05, 0.1) is 22.5 Å². The first-order valence-corrected chi connectivity index (χ1v) is 7.94. The number of rotatable bonds is 7. The highest BCUT2D eigenvalue weighted by molar-refractivity contribution is 6.31. The van der Waals surface area contributed by atoms with E-state index >= 15 is 0 Å². The Morgan fingerprint density at radius 2 is 2.14 bits per heavy atom. The van der Waals surface area contributed by atoms with E-state index in [1.807, 2.05) is 24.7 Å². The fraction of sp³-hybridized carbons (Fsp3) is 0.562. The molecule has 0 bridgehead atoms. The van der Waals surface area contributed by atoms with Gasteiger partial charge in [0.25, 0.3) is 0 Å². The predicted octanol–water partition coefficient (Wildman–Crippen LogP) is 3.82. The molecule has 4 nitrogen and oxygen atoms in total. The third-order valence-corrected chi connectivity index (χ3v) is 4.17. The minimum atomic E-state index is 0.123.